The summed E-state index contributed by atoms with van der Waals surface area (Å²) in [6, 6.07) is 7.05. The van der Waals surface area contributed by atoms with Gasteiger partial charge in [0.05, 0.1) is 5.92 Å². The van der Waals surface area contributed by atoms with Crippen LogP contribution >= 0.6 is 0 Å². The Morgan fingerprint density at radius 3 is 2.65 bits per heavy atom. The largest absolute Gasteiger partial charge is 0.345 e. The van der Waals surface area contributed by atoms with Crippen LogP contribution in [-0.4, -0.2) is 43.9 Å². The van der Waals surface area contributed by atoms with Crippen molar-refractivity contribution in [1.29, 1.82) is 0 Å². The van der Waals surface area contributed by atoms with Crippen LogP contribution in [0.5, 0.6) is 0 Å². The molecule has 0 aromatic heterocycles. The van der Waals surface area contributed by atoms with E-state index in [4.69, 9.17) is 0 Å². The van der Waals surface area contributed by atoms with Crippen molar-refractivity contribution in [3.8, 4) is 0 Å². The van der Waals surface area contributed by atoms with Crippen molar-refractivity contribution in [2.45, 2.75) is 6.92 Å². The molecule has 1 saturated heterocycles. The van der Waals surface area contributed by atoms with E-state index in [9.17, 15) is 9.59 Å². The first-order chi connectivity index (χ1) is 9.49. The topological polar surface area (TPSA) is 61.4 Å². The Morgan fingerprint density at radius 1 is 1.30 bits per heavy atom. The molecule has 2 N–H and O–H groups in total. The van der Waals surface area contributed by atoms with Gasteiger partial charge >= 0.3 is 0 Å². The van der Waals surface area contributed by atoms with Crippen LogP contribution in [0.3, 0.4) is 0 Å². The van der Waals surface area contributed by atoms with Gasteiger partial charge in [0.1, 0.15) is 0 Å². The molecular formula is C15H21N3O2. The van der Waals surface area contributed by atoms with Gasteiger partial charge in [-0.2, -0.15) is 0 Å². The monoisotopic (exact) mass is 275 g/mol. The zero-order valence-electron chi connectivity index (χ0n) is 12.1. The van der Waals surface area contributed by atoms with E-state index >= 15 is 0 Å². The molecular weight excluding hydrogens is 254 g/mol. The molecule has 1 aliphatic heterocycles. The fraction of sp³-hybridized carbons (Fsp3) is 0.467. The van der Waals surface area contributed by atoms with E-state index in [-0.39, 0.29) is 17.7 Å². The number of amides is 2. The summed E-state index contributed by atoms with van der Waals surface area (Å²) in [5.74, 6) is 0.263. The average Bonchev–Trinajstić information content (AvgIpc) is 2.84. The summed E-state index contributed by atoms with van der Waals surface area (Å²) in [6.45, 7) is 3.65. The standard InChI is InChI=1S/C15H21N3O2/c1-10-8-16-9-13(10)14(19)17-12-6-4-5-11(7-12)15(20)18(2)3/h4-7,10,13,16H,8-9H2,1-3H3,(H,17,19)/t10-,13-/m1/s1. The first-order valence-corrected chi connectivity index (χ1v) is 6.82. The highest BCUT2D eigenvalue weighted by Gasteiger charge is 2.29. The minimum Gasteiger partial charge on any atom is -0.345 e. The second-order valence-corrected chi connectivity index (χ2v) is 5.51. The van der Waals surface area contributed by atoms with Crippen LogP contribution in [0.15, 0.2) is 24.3 Å². The Kier molecular flexibility index (Phi) is 4.39. The van der Waals surface area contributed by atoms with Crippen molar-refractivity contribution < 1.29 is 9.59 Å². The fourth-order valence-electron chi connectivity index (χ4n) is 2.38. The van der Waals surface area contributed by atoms with Crippen molar-refractivity contribution in [3.63, 3.8) is 0 Å². The molecule has 0 aliphatic carbocycles. The highest BCUT2D eigenvalue weighted by molar-refractivity contribution is 5.97. The SMILES string of the molecule is C[C@@H]1CNC[C@H]1C(=O)Nc1cccc(C(=O)N(C)C)c1. The molecule has 2 atom stereocenters. The molecule has 0 saturated carbocycles. The molecule has 20 heavy (non-hydrogen) atoms. The average molecular weight is 275 g/mol. The Morgan fingerprint density at radius 2 is 2.05 bits per heavy atom. The van der Waals surface area contributed by atoms with E-state index in [0.717, 1.165) is 6.54 Å². The second-order valence-electron chi connectivity index (χ2n) is 5.51. The lowest BCUT2D eigenvalue weighted by Crippen LogP contribution is -2.28. The number of carbonyl (C=O) groups excluding carboxylic acids is 2. The number of hydrogen-bond donors (Lipinski definition) is 2. The molecule has 0 unspecified atom stereocenters. The Bertz CT molecular complexity index is 514. The van der Waals surface area contributed by atoms with Gasteiger partial charge in [0, 0.05) is 31.9 Å². The van der Waals surface area contributed by atoms with Crippen LogP contribution in [-0.2, 0) is 4.79 Å². The van der Waals surface area contributed by atoms with Crippen molar-refractivity contribution >= 4 is 17.5 Å². The predicted molar refractivity (Wildman–Crippen MR) is 78.6 cm³/mol. The number of nitrogens with one attached hydrogen (secondary N) is 2. The summed E-state index contributed by atoms with van der Waals surface area (Å²) in [7, 11) is 3.42. The molecule has 5 heteroatoms. The molecule has 1 fully saturated rings. The number of nitrogens with zero attached hydrogens (tertiary/aromatic N) is 1. The van der Waals surface area contributed by atoms with Crippen LogP contribution in [0.25, 0.3) is 0 Å². The van der Waals surface area contributed by atoms with Crippen LogP contribution in [0, 0.1) is 11.8 Å². The van der Waals surface area contributed by atoms with E-state index < -0.39 is 0 Å². The Balaban J connectivity index is 2.08. The summed E-state index contributed by atoms with van der Waals surface area (Å²) in [5, 5.41) is 6.11. The van der Waals surface area contributed by atoms with Crippen LogP contribution in [0.2, 0.25) is 0 Å². The van der Waals surface area contributed by atoms with E-state index in [1.165, 1.54) is 4.90 Å². The number of carbonyl (C=O) groups is 2. The Labute approximate surface area is 119 Å². The van der Waals surface area contributed by atoms with Crippen molar-refractivity contribution in [2.75, 3.05) is 32.5 Å². The van der Waals surface area contributed by atoms with E-state index in [1.54, 1.807) is 38.4 Å². The minimum atomic E-state index is -0.0722. The van der Waals surface area contributed by atoms with Crippen molar-refractivity contribution in [2.24, 2.45) is 11.8 Å². The smallest absolute Gasteiger partial charge is 0.253 e. The van der Waals surface area contributed by atoms with Crippen molar-refractivity contribution in [3.05, 3.63) is 29.8 Å². The zero-order valence-corrected chi connectivity index (χ0v) is 12.1. The van der Waals surface area contributed by atoms with E-state index in [0.29, 0.717) is 23.7 Å². The minimum absolute atomic E-state index is 0.0109. The third-order valence-electron chi connectivity index (χ3n) is 3.64. The zero-order chi connectivity index (χ0) is 14.7. The van der Waals surface area contributed by atoms with E-state index in [1.807, 2.05) is 0 Å². The maximum atomic E-state index is 12.2. The lowest BCUT2D eigenvalue weighted by molar-refractivity contribution is -0.120. The van der Waals surface area contributed by atoms with Gasteiger partial charge in [0.15, 0.2) is 0 Å². The van der Waals surface area contributed by atoms with Gasteiger partial charge in [0.2, 0.25) is 5.91 Å². The van der Waals surface area contributed by atoms with Gasteiger partial charge in [-0.05, 0) is 30.7 Å². The lowest BCUT2D eigenvalue weighted by Gasteiger charge is -2.15. The van der Waals surface area contributed by atoms with Gasteiger partial charge in [-0.1, -0.05) is 13.0 Å². The summed E-state index contributed by atoms with van der Waals surface area (Å²) < 4.78 is 0. The molecule has 1 aromatic carbocycles. The van der Waals surface area contributed by atoms with Gasteiger partial charge in [0.25, 0.3) is 5.91 Å². The molecule has 2 amide bonds. The van der Waals surface area contributed by atoms with Crippen molar-refractivity contribution in [1.82, 2.24) is 10.2 Å². The molecule has 5 nitrogen and oxygen atoms in total. The third-order valence-corrected chi connectivity index (χ3v) is 3.64. The van der Waals surface area contributed by atoms with Gasteiger partial charge in [-0.3, -0.25) is 9.59 Å². The number of anilines is 1. The molecule has 0 radical (unpaired) electrons. The van der Waals surface area contributed by atoms with Crippen LogP contribution < -0.4 is 10.6 Å². The second kappa shape index (κ2) is 6.05. The summed E-state index contributed by atoms with van der Waals surface area (Å²) in [4.78, 5) is 25.6. The molecule has 0 bridgehead atoms. The quantitative estimate of drug-likeness (QED) is 0.871. The molecule has 0 spiro atoms. The third kappa shape index (κ3) is 3.17. The number of rotatable bonds is 3. The number of hydrogen-bond acceptors (Lipinski definition) is 3. The maximum Gasteiger partial charge on any atom is 0.253 e. The first-order valence-electron chi connectivity index (χ1n) is 6.82. The predicted octanol–water partition coefficient (Wildman–Crippen LogP) is 1.18. The van der Waals surface area contributed by atoms with Crippen LogP contribution in [0.1, 0.15) is 17.3 Å². The van der Waals surface area contributed by atoms with E-state index in [2.05, 4.69) is 17.6 Å². The molecule has 1 aromatic rings. The highest BCUT2D eigenvalue weighted by atomic mass is 16.2. The summed E-state index contributed by atoms with van der Waals surface area (Å²) in [5.41, 5.74) is 1.24. The fourth-order valence-corrected chi connectivity index (χ4v) is 2.38. The Hall–Kier alpha value is -1.88. The maximum absolute atomic E-state index is 12.2. The number of benzene rings is 1. The van der Waals surface area contributed by atoms with Gasteiger partial charge in [-0.25, -0.2) is 0 Å². The lowest BCUT2D eigenvalue weighted by atomic mass is 9.97. The van der Waals surface area contributed by atoms with Gasteiger partial charge < -0.3 is 15.5 Å². The molecule has 1 aliphatic rings. The molecule has 108 valence electrons. The van der Waals surface area contributed by atoms with Gasteiger partial charge in [-0.15, -0.1) is 0 Å². The summed E-state index contributed by atoms with van der Waals surface area (Å²) in [6.07, 6.45) is 0. The van der Waals surface area contributed by atoms with Crippen LogP contribution in [0.4, 0.5) is 5.69 Å². The molecule has 1 heterocycles. The summed E-state index contributed by atoms with van der Waals surface area (Å²) >= 11 is 0. The molecule has 2 rings (SSSR count). The highest BCUT2D eigenvalue weighted by Crippen LogP contribution is 2.19. The first kappa shape index (κ1) is 14.5. The normalized spacial score (nSPS) is 21.6.